The van der Waals surface area contributed by atoms with Crippen LogP contribution in [0.2, 0.25) is 0 Å². The molecule has 0 fully saturated rings. The van der Waals surface area contributed by atoms with Gasteiger partial charge in [0.15, 0.2) is 6.04 Å². The number of thiophene rings is 1. The molecule has 0 saturated carbocycles. The van der Waals surface area contributed by atoms with Gasteiger partial charge < -0.3 is 21.5 Å². The predicted octanol–water partition coefficient (Wildman–Crippen LogP) is -0.539. The van der Waals surface area contributed by atoms with Gasteiger partial charge in [-0.05, 0) is 23.4 Å². The van der Waals surface area contributed by atoms with Crippen molar-refractivity contribution >= 4 is 29.1 Å². The fraction of sp³-hybridized carbons (Fsp3) is 0.417. The zero-order valence-electron chi connectivity index (χ0n) is 10.6. The molecule has 0 aliphatic carbocycles. The van der Waals surface area contributed by atoms with Crippen molar-refractivity contribution in [2.24, 2.45) is 11.5 Å². The van der Waals surface area contributed by atoms with Gasteiger partial charge in [0.25, 0.3) is 0 Å². The lowest BCUT2D eigenvalue weighted by Gasteiger charge is -2.34. The van der Waals surface area contributed by atoms with Crippen LogP contribution in [0.1, 0.15) is 22.9 Å². The first-order valence-electron chi connectivity index (χ1n) is 6.05. The monoisotopic (exact) mass is 297 g/mol. The van der Waals surface area contributed by atoms with Crippen molar-refractivity contribution in [3.63, 3.8) is 0 Å². The molecule has 0 aromatic carbocycles. The van der Waals surface area contributed by atoms with Crippen molar-refractivity contribution < 1.29 is 19.5 Å². The highest BCUT2D eigenvalue weighted by Crippen LogP contribution is 2.33. The lowest BCUT2D eigenvalue weighted by Crippen LogP contribution is -2.50. The van der Waals surface area contributed by atoms with Crippen LogP contribution in [0, 0.1) is 0 Å². The molecule has 2 rings (SSSR count). The quantitative estimate of drug-likeness (QED) is 0.688. The van der Waals surface area contributed by atoms with Gasteiger partial charge in [0.2, 0.25) is 11.8 Å². The standard InChI is InChI=1S/C12H15N3O4S/c13-7(5-9(14)16)11(17)15-3-1-8-6(2-4-20-8)10(15)12(18)19/h2,4,7,10H,1,3,5,13H2,(H2,14,16)(H,18,19). The minimum Gasteiger partial charge on any atom is -0.479 e. The van der Waals surface area contributed by atoms with Crippen LogP contribution in [0.4, 0.5) is 0 Å². The molecule has 1 aromatic rings. The molecular weight excluding hydrogens is 282 g/mol. The van der Waals surface area contributed by atoms with Crippen LogP contribution in [0.15, 0.2) is 11.4 Å². The van der Waals surface area contributed by atoms with Gasteiger partial charge in [-0.1, -0.05) is 0 Å². The first kappa shape index (κ1) is 14.5. The van der Waals surface area contributed by atoms with Crippen molar-refractivity contribution in [1.29, 1.82) is 0 Å². The van der Waals surface area contributed by atoms with E-state index in [1.807, 2.05) is 0 Å². The molecule has 2 unspecified atom stereocenters. The zero-order chi connectivity index (χ0) is 14.9. The van der Waals surface area contributed by atoms with E-state index in [2.05, 4.69) is 0 Å². The Labute approximate surface area is 119 Å². The van der Waals surface area contributed by atoms with Gasteiger partial charge in [-0.2, -0.15) is 0 Å². The molecule has 0 radical (unpaired) electrons. The summed E-state index contributed by atoms with van der Waals surface area (Å²) in [5, 5.41) is 11.2. The number of carboxylic acid groups (broad SMARTS) is 1. The first-order chi connectivity index (χ1) is 9.41. The normalized spacial score (nSPS) is 19.2. The summed E-state index contributed by atoms with van der Waals surface area (Å²) in [7, 11) is 0. The Hall–Kier alpha value is -1.93. The van der Waals surface area contributed by atoms with E-state index in [0.717, 1.165) is 4.88 Å². The molecule has 5 N–H and O–H groups in total. The highest BCUT2D eigenvalue weighted by Gasteiger charge is 2.38. The maximum absolute atomic E-state index is 12.2. The maximum Gasteiger partial charge on any atom is 0.331 e. The predicted molar refractivity (Wildman–Crippen MR) is 71.9 cm³/mol. The van der Waals surface area contributed by atoms with E-state index in [1.165, 1.54) is 16.2 Å². The van der Waals surface area contributed by atoms with Crippen LogP contribution in [0.25, 0.3) is 0 Å². The average molecular weight is 297 g/mol. The van der Waals surface area contributed by atoms with E-state index in [0.29, 0.717) is 12.0 Å². The summed E-state index contributed by atoms with van der Waals surface area (Å²) in [4.78, 5) is 36.7. The Morgan fingerprint density at radius 1 is 1.50 bits per heavy atom. The molecule has 0 bridgehead atoms. The van der Waals surface area contributed by atoms with Gasteiger partial charge in [0.1, 0.15) is 0 Å². The number of primary amides is 1. The molecule has 1 aromatic heterocycles. The largest absolute Gasteiger partial charge is 0.479 e. The van der Waals surface area contributed by atoms with E-state index in [1.54, 1.807) is 11.4 Å². The summed E-state index contributed by atoms with van der Waals surface area (Å²) in [5.41, 5.74) is 11.3. The van der Waals surface area contributed by atoms with Gasteiger partial charge in [-0.25, -0.2) is 4.79 Å². The van der Waals surface area contributed by atoms with E-state index in [4.69, 9.17) is 11.5 Å². The smallest absolute Gasteiger partial charge is 0.331 e. The van der Waals surface area contributed by atoms with Crippen LogP contribution in [0.5, 0.6) is 0 Å². The molecule has 2 atom stereocenters. The Morgan fingerprint density at radius 3 is 2.80 bits per heavy atom. The maximum atomic E-state index is 12.2. The summed E-state index contributed by atoms with van der Waals surface area (Å²) in [6, 6.07) is -0.441. The molecule has 0 spiro atoms. The molecule has 8 heteroatoms. The number of carbonyl (C=O) groups excluding carboxylic acids is 2. The zero-order valence-corrected chi connectivity index (χ0v) is 11.4. The molecule has 2 heterocycles. The first-order valence-corrected chi connectivity index (χ1v) is 6.93. The van der Waals surface area contributed by atoms with Crippen LogP contribution in [-0.2, 0) is 20.8 Å². The molecule has 0 saturated heterocycles. The number of hydrogen-bond donors (Lipinski definition) is 3. The van der Waals surface area contributed by atoms with E-state index in [-0.39, 0.29) is 13.0 Å². The molecule has 7 nitrogen and oxygen atoms in total. The summed E-state index contributed by atoms with van der Waals surface area (Å²) < 4.78 is 0. The average Bonchev–Trinajstić information content (AvgIpc) is 2.83. The minimum absolute atomic E-state index is 0.274. The third-order valence-corrected chi connectivity index (χ3v) is 4.22. The second kappa shape index (κ2) is 5.59. The van der Waals surface area contributed by atoms with Crippen molar-refractivity contribution in [1.82, 2.24) is 4.90 Å². The van der Waals surface area contributed by atoms with Crippen LogP contribution in [-0.4, -0.2) is 40.4 Å². The third-order valence-electron chi connectivity index (χ3n) is 3.22. The van der Waals surface area contributed by atoms with Gasteiger partial charge in [-0.3, -0.25) is 9.59 Å². The van der Waals surface area contributed by atoms with E-state index in [9.17, 15) is 19.5 Å². The fourth-order valence-corrected chi connectivity index (χ4v) is 3.24. The van der Waals surface area contributed by atoms with Crippen LogP contribution < -0.4 is 11.5 Å². The second-order valence-electron chi connectivity index (χ2n) is 4.60. The number of carboxylic acids is 1. The molecule has 20 heavy (non-hydrogen) atoms. The summed E-state index contributed by atoms with van der Waals surface area (Å²) >= 11 is 1.47. The highest BCUT2D eigenvalue weighted by molar-refractivity contribution is 7.10. The lowest BCUT2D eigenvalue weighted by molar-refractivity contribution is -0.152. The molecular formula is C12H15N3O4S. The molecule has 108 valence electrons. The van der Waals surface area contributed by atoms with Gasteiger partial charge in [0, 0.05) is 11.4 Å². The van der Waals surface area contributed by atoms with Crippen molar-refractivity contribution in [2.75, 3.05) is 6.54 Å². The van der Waals surface area contributed by atoms with E-state index >= 15 is 0 Å². The Balaban J connectivity index is 2.25. The number of rotatable bonds is 4. The number of nitrogens with two attached hydrogens (primary N) is 2. The Bertz CT molecular complexity index is 557. The number of fused-ring (bicyclic) bond motifs is 1. The number of carbonyl (C=O) groups is 3. The molecule has 1 aliphatic heterocycles. The Morgan fingerprint density at radius 2 is 2.20 bits per heavy atom. The van der Waals surface area contributed by atoms with Crippen LogP contribution >= 0.6 is 11.3 Å². The molecule has 2 amide bonds. The van der Waals surface area contributed by atoms with Gasteiger partial charge in [-0.15, -0.1) is 11.3 Å². The topological polar surface area (TPSA) is 127 Å². The SMILES string of the molecule is NC(=O)CC(N)C(=O)N1CCc2sccc2C1C(=O)O. The number of aliphatic carboxylic acids is 1. The van der Waals surface area contributed by atoms with E-state index < -0.39 is 29.9 Å². The number of hydrogen-bond acceptors (Lipinski definition) is 5. The van der Waals surface area contributed by atoms with Crippen molar-refractivity contribution in [3.05, 3.63) is 21.9 Å². The highest BCUT2D eigenvalue weighted by atomic mass is 32.1. The number of amides is 2. The summed E-state index contributed by atoms with van der Waals surface area (Å²) in [5.74, 6) is -2.36. The Kier molecular flexibility index (Phi) is 4.05. The van der Waals surface area contributed by atoms with Crippen molar-refractivity contribution in [2.45, 2.75) is 24.9 Å². The number of nitrogens with zero attached hydrogens (tertiary/aromatic N) is 1. The summed E-state index contributed by atoms with van der Waals surface area (Å²) in [6.07, 6.45) is 0.296. The summed E-state index contributed by atoms with van der Waals surface area (Å²) in [6.45, 7) is 0.274. The van der Waals surface area contributed by atoms with Crippen LogP contribution in [0.3, 0.4) is 0 Å². The van der Waals surface area contributed by atoms with Crippen molar-refractivity contribution in [3.8, 4) is 0 Å². The molecule has 1 aliphatic rings. The minimum atomic E-state index is -1.11. The fourth-order valence-electron chi connectivity index (χ4n) is 2.34. The second-order valence-corrected chi connectivity index (χ2v) is 5.60. The third kappa shape index (κ3) is 2.66. The van der Waals surface area contributed by atoms with Gasteiger partial charge in [0.05, 0.1) is 12.5 Å². The van der Waals surface area contributed by atoms with Gasteiger partial charge >= 0.3 is 5.97 Å². The lowest BCUT2D eigenvalue weighted by atomic mass is 9.98.